The van der Waals surface area contributed by atoms with Crippen LogP contribution in [0.2, 0.25) is 0 Å². The molecule has 1 atom stereocenters. The van der Waals surface area contributed by atoms with E-state index in [9.17, 15) is 9.90 Å². The highest BCUT2D eigenvalue weighted by molar-refractivity contribution is 5.95. The number of aryl methyl sites for hydroxylation is 1. The van der Waals surface area contributed by atoms with E-state index in [-0.39, 0.29) is 17.6 Å². The molecule has 1 aromatic rings. The maximum Gasteiger partial charge on any atom is 0.230 e. The Hall–Kier alpha value is -1.51. The average Bonchev–Trinajstić information content (AvgIpc) is 2.44. The molecule has 0 saturated heterocycles. The van der Waals surface area contributed by atoms with Crippen LogP contribution in [0.1, 0.15) is 52.0 Å². The van der Waals surface area contributed by atoms with Crippen LogP contribution in [0.25, 0.3) is 0 Å². The fourth-order valence-electron chi connectivity index (χ4n) is 2.51. The largest absolute Gasteiger partial charge is 0.508 e. The standard InChI is InChI=1S/C17H27NO2/c1-5-8-9-14(6-2)17(20)18(7-3)16-12-15(19)11-10-13(16)4/h10-12,14,19H,5-9H2,1-4H3. The zero-order chi connectivity index (χ0) is 15.1. The van der Waals surface area contributed by atoms with Crippen LogP contribution in [0.15, 0.2) is 18.2 Å². The Balaban J connectivity index is 2.98. The smallest absolute Gasteiger partial charge is 0.230 e. The van der Waals surface area contributed by atoms with Gasteiger partial charge in [0.2, 0.25) is 5.91 Å². The van der Waals surface area contributed by atoms with Crippen molar-refractivity contribution in [3.63, 3.8) is 0 Å². The molecule has 0 aliphatic rings. The Kier molecular flexibility index (Phi) is 6.56. The molecule has 1 aromatic carbocycles. The van der Waals surface area contributed by atoms with Crippen molar-refractivity contribution in [1.82, 2.24) is 0 Å². The molecular weight excluding hydrogens is 250 g/mol. The first-order valence-corrected chi connectivity index (χ1v) is 7.66. The minimum Gasteiger partial charge on any atom is -0.508 e. The lowest BCUT2D eigenvalue weighted by Crippen LogP contribution is -2.36. The molecule has 0 bridgehead atoms. The van der Waals surface area contributed by atoms with E-state index in [0.717, 1.165) is 36.9 Å². The summed E-state index contributed by atoms with van der Waals surface area (Å²) in [6, 6.07) is 5.20. The van der Waals surface area contributed by atoms with Crippen LogP contribution in [0, 0.1) is 12.8 Å². The maximum absolute atomic E-state index is 12.7. The van der Waals surface area contributed by atoms with Gasteiger partial charge in [-0.05, 0) is 38.3 Å². The fourth-order valence-corrected chi connectivity index (χ4v) is 2.51. The third-order valence-corrected chi connectivity index (χ3v) is 3.81. The van der Waals surface area contributed by atoms with Gasteiger partial charge in [-0.3, -0.25) is 4.79 Å². The minimum absolute atomic E-state index is 0.0802. The molecule has 0 fully saturated rings. The fraction of sp³-hybridized carbons (Fsp3) is 0.588. The number of benzene rings is 1. The van der Waals surface area contributed by atoms with Gasteiger partial charge in [0, 0.05) is 18.5 Å². The Labute approximate surface area is 122 Å². The van der Waals surface area contributed by atoms with Crippen molar-refractivity contribution < 1.29 is 9.90 Å². The van der Waals surface area contributed by atoms with E-state index in [1.165, 1.54) is 0 Å². The molecule has 20 heavy (non-hydrogen) atoms. The third kappa shape index (κ3) is 3.99. The van der Waals surface area contributed by atoms with Crippen molar-refractivity contribution >= 4 is 11.6 Å². The summed E-state index contributed by atoms with van der Waals surface area (Å²) in [6.07, 6.45) is 4.01. The first-order chi connectivity index (χ1) is 9.54. The Bertz CT molecular complexity index is 443. The van der Waals surface area contributed by atoms with Crippen LogP contribution >= 0.6 is 0 Å². The van der Waals surface area contributed by atoms with Gasteiger partial charge in [0.25, 0.3) is 0 Å². The summed E-state index contributed by atoms with van der Waals surface area (Å²) >= 11 is 0. The summed E-state index contributed by atoms with van der Waals surface area (Å²) < 4.78 is 0. The molecule has 1 unspecified atom stereocenters. The molecule has 1 rings (SSSR count). The number of phenolic OH excluding ortho intramolecular Hbond substituents is 1. The molecular formula is C17H27NO2. The summed E-state index contributed by atoms with van der Waals surface area (Å²) in [6.45, 7) is 8.80. The molecule has 1 N–H and O–H groups in total. The van der Waals surface area contributed by atoms with Crippen molar-refractivity contribution in [3.05, 3.63) is 23.8 Å². The van der Waals surface area contributed by atoms with Crippen LogP contribution in [-0.4, -0.2) is 17.6 Å². The SMILES string of the molecule is CCCCC(CC)C(=O)N(CC)c1cc(O)ccc1C. The number of nitrogens with zero attached hydrogens (tertiary/aromatic N) is 1. The van der Waals surface area contributed by atoms with Gasteiger partial charge in [-0.1, -0.05) is 32.8 Å². The second-order valence-electron chi connectivity index (χ2n) is 5.30. The van der Waals surface area contributed by atoms with Crippen molar-refractivity contribution in [2.75, 3.05) is 11.4 Å². The molecule has 0 aliphatic carbocycles. The molecule has 112 valence electrons. The van der Waals surface area contributed by atoms with E-state index in [4.69, 9.17) is 0 Å². The van der Waals surface area contributed by atoms with E-state index in [2.05, 4.69) is 13.8 Å². The number of carbonyl (C=O) groups is 1. The van der Waals surface area contributed by atoms with Gasteiger partial charge in [-0.2, -0.15) is 0 Å². The quantitative estimate of drug-likeness (QED) is 0.808. The highest BCUT2D eigenvalue weighted by atomic mass is 16.3. The Morgan fingerprint density at radius 1 is 1.30 bits per heavy atom. The van der Waals surface area contributed by atoms with E-state index in [0.29, 0.717) is 6.54 Å². The van der Waals surface area contributed by atoms with Gasteiger partial charge in [-0.25, -0.2) is 0 Å². The van der Waals surface area contributed by atoms with Crippen molar-refractivity contribution in [2.24, 2.45) is 5.92 Å². The monoisotopic (exact) mass is 277 g/mol. The second kappa shape index (κ2) is 7.93. The second-order valence-corrected chi connectivity index (χ2v) is 5.30. The molecule has 0 radical (unpaired) electrons. The zero-order valence-corrected chi connectivity index (χ0v) is 13.1. The van der Waals surface area contributed by atoms with E-state index >= 15 is 0 Å². The van der Waals surface area contributed by atoms with E-state index in [1.54, 1.807) is 17.0 Å². The summed E-state index contributed by atoms with van der Waals surface area (Å²) in [5, 5.41) is 9.66. The summed E-state index contributed by atoms with van der Waals surface area (Å²) in [4.78, 5) is 14.5. The Morgan fingerprint density at radius 2 is 2.00 bits per heavy atom. The van der Waals surface area contributed by atoms with Crippen LogP contribution in [0.5, 0.6) is 5.75 Å². The number of hydrogen-bond acceptors (Lipinski definition) is 2. The minimum atomic E-state index is 0.0802. The molecule has 0 aliphatic heterocycles. The lowest BCUT2D eigenvalue weighted by Gasteiger charge is -2.27. The van der Waals surface area contributed by atoms with Gasteiger partial charge in [-0.15, -0.1) is 0 Å². The number of hydrogen-bond donors (Lipinski definition) is 1. The van der Waals surface area contributed by atoms with Gasteiger partial charge in [0.1, 0.15) is 5.75 Å². The average molecular weight is 277 g/mol. The topological polar surface area (TPSA) is 40.5 Å². The number of carbonyl (C=O) groups excluding carboxylic acids is 1. The van der Waals surface area contributed by atoms with Gasteiger partial charge < -0.3 is 10.0 Å². The molecule has 0 aromatic heterocycles. The predicted octanol–water partition coefficient (Wildman–Crippen LogP) is 4.27. The third-order valence-electron chi connectivity index (χ3n) is 3.81. The van der Waals surface area contributed by atoms with Crippen molar-refractivity contribution in [2.45, 2.75) is 53.4 Å². The summed E-state index contributed by atoms with van der Waals surface area (Å²) in [5.41, 5.74) is 1.84. The predicted molar refractivity (Wildman–Crippen MR) is 84.2 cm³/mol. The number of aromatic hydroxyl groups is 1. The van der Waals surface area contributed by atoms with Crippen LogP contribution in [-0.2, 0) is 4.79 Å². The highest BCUT2D eigenvalue weighted by Gasteiger charge is 2.23. The molecule has 0 saturated carbocycles. The van der Waals surface area contributed by atoms with Gasteiger partial charge >= 0.3 is 0 Å². The normalized spacial score (nSPS) is 12.2. The molecule has 3 nitrogen and oxygen atoms in total. The first-order valence-electron chi connectivity index (χ1n) is 7.66. The molecule has 0 heterocycles. The molecule has 3 heteroatoms. The number of amides is 1. The number of rotatable bonds is 7. The molecule has 0 spiro atoms. The number of unbranched alkanes of at least 4 members (excludes halogenated alkanes) is 1. The molecule has 1 amide bonds. The van der Waals surface area contributed by atoms with Crippen LogP contribution in [0.3, 0.4) is 0 Å². The van der Waals surface area contributed by atoms with Crippen molar-refractivity contribution in [1.29, 1.82) is 0 Å². The number of phenols is 1. The van der Waals surface area contributed by atoms with Crippen LogP contribution < -0.4 is 4.90 Å². The van der Waals surface area contributed by atoms with Gasteiger partial charge in [0.05, 0.1) is 5.69 Å². The lowest BCUT2D eigenvalue weighted by atomic mass is 9.97. The Morgan fingerprint density at radius 3 is 2.55 bits per heavy atom. The van der Waals surface area contributed by atoms with Crippen molar-refractivity contribution in [3.8, 4) is 5.75 Å². The lowest BCUT2D eigenvalue weighted by molar-refractivity contribution is -0.122. The summed E-state index contributed by atoms with van der Waals surface area (Å²) in [7, 11) is 0. The summed E-state index contributed by atoms with van der Waals surface area (Å²) in [5.74, 6) is 0.465. The van der Waals surface area contributed by atoms with Gasteiger partial charge in [0.15, 0.2) is 0 Å². The van der Waals surface area contributed by atoms with E-state index < -0.39 is 0 Å². The number of anilines is 1. The zero-order valence-electron chi connectivity index (χ0n) is 13.1. The highest BCUT2D eigenvalue weighted by Crippen LogP contribution is 2.27. The van der Waals surface area contributed by atoms with E-state index in [1.807, 2.05) is 19.9 Å². The first kappa shape index (κ1) is 16.5. The van der Waals surface area contributed by atoms with Crippen LogP contribution in [0.4, 0.5) is 5.69 Å². The maximum atomic E-state index is 12.7.